The largest absolute Gasteiger partial charge is 0.490 e. The third-order valence-corrected chi connectivity index (χ3v) is 7.85. The Balaban J connectivity index is 1.07. The van der Waals surface area contributed by atoms with Gasteiger partial charge in [0.05, 0.1) is 11.7 Å². The van der Waals surface area contributed by atoms with Gasteiger partial charge in [0.1, 0.15) is 10.6 Å². The summed E-state index contributed by atoms with van der Waals surface area (Å²) in [6.07, 6.45) is 7.28. The van der Waals surface area contributed by atoms with Gasteiger partial charge in [-0.1, -0.05) is 30.3 Å². The molecular weight excluding hydrogens is 412 g/mol. The van der Waals surface area contributed by atoms with Gasteiger partial charge >= 0.3 is 0 Å². The van der Waals surface area contributed by atoms with E-state index in [0.29, 0.717) is 12.5 Å². The molecule has 166 valence electrons. The van der Waals surface area contributed by atoms with Crippen molar-refractivity contribution < 1.29 is 17.9 Å². The Kier molecular flexibility index (Phi) is 6.92. The number of carbonyl (C=O) groups excluding carboxylic acids is 1. The maximum atomic E-state index is 12.5. The number of hydrogen-bond acceptors (Lipinski definition) is 5. The number of nitrogens with zero attached hydrogens (tertiary/aromatic N) is 1. The Morgan fingerprint density at radius 1 is 0.968 bits per heavy atom. The summed E-state index contributed by atoms with van der Waals surface area (Å²) in [4.78, 5) is 12.5. The van der Waals surface area contributed by atoms with E-state index in [0.717, 1.165) is 61.7 Å². The molecular formula is C24H30N2O4S. The number of benzene rings is 2. The smallest absolute Gasteiger partial charge is 0.269 e. The first kappa shape index (κ1) is 21.8. The Morgan fingerprint density at radius 2 is 1.71 bits per heavy atom. The lowest BCUT2D eigenvalue weighted by molar-refractivity contribution is 0.0869. The van der Waals surface area contributed by atoms with Crippen LogP contribution in [0.4, 0.5) is 0 Å². The second-order valence-corrected chi connectivity index (χ2v) is 10.0. The summed E-state index contributed by atoms with van der Waals surface area (Å²) in [5.74, 6) is 0.634. The minimum atomic E-state index is -3.68. The molecule has 7 heteroatoms. The lowest BCUT2D eigenvalue weighted by atomic mass is 9.99. The maximum absolute atomic E-state index is 12.5. The molecule has 1 atom stereocenters. The van der Waals surface area contributed by atoms with Crippen LogP contribution in [0.1, 0.15) is 54.4 Å². The van der Waals surface area contributed by atoms with Crippen LogP contribution in [0, 0.1) is 0 Å². The van der Waals surface area contributed by atoms with Crippen molar-refractivity contribution in [2.45, 2.75) is 55.9 Å². The molecule has 2 aromatic carbocycles. The highest BCUT2D eigenvalue weighted by molar-refractivity contribution is 7.90. The topological polar surface area (TPSA) is 75.7 Å². The molecule has 4 rings (SSSR count). The number of fused-ring (bicyclic) bond motifs is 2. The molecule has 2 aliphatic heterocycles. The molecule has 1 N–H and O–H groups in total. The molecule has 0 fully saturated rings. The summed E-state index contributed by atoms with van der Waals surface area (Å²) in [5, 5.41) is 3.42. The molecule has 0 saturated carbocycles. The van der Waals surface area contributed by atoms with E-state index in [2.05, 4.69) is 23.5 Å². The lowest BCUT2D eigenvalue weighted by Gasteiger charge is -2.26. The summed E-state index contributed by atoms with van der Waals surface area (Å²) in [5.41, 5.74) is 1.60. The molecule has 0 aliphatic carbocycles. The fourth-order valence-corrected chi connectivity index (χ4v) is 5.90. The van der Waals surface area contributed by atoms with Crippen LogP contribution in [0.3, 0.4) is 0 Å². The van der Waals surface area contributed by atoms with Gasteiger partial charge in [-0.05, 0) is 81.8 Å². The van der Waals surface area contributed by atoms with Gasteiger partial charge in [0.2, 0.25) is 0 Å². The van der Waals surface area contributed by atoms with Gasteiger partial charge in [-0.3, -0.25) is 4.79 Å². The Bertz CT molecular complexity index is 1020. The van der Waals surface area contributed by atoms with Crippen LogP contribution in [-0.2, 0) is 16.4 Å². The highest BCUT2D eigenvalue weighted by Crippen LogP contribution is 2.30. The quantitative estimate of drug-likeness (QED) is 0.567. The number of hydrogen-bond donors (Lipinski definition) is 1. The average Bonchev–Trinajstić information content (AvgIpc) is 2.98. The van der Waals surface area contributed by atoms with Crippen LogP contribution in [-0.4, -0.2) is 44.4 Å². The minimum Gasteiger partial charge on any atom is -0.490 e. The predicted octanol–water partition coefficient (Wildman–Crippen LogP) is 3.77. The van der Waals surface area contributed by atoms with Gasteiger partial charge < -0.3 is 10.1 Å². The third-order valence-electron chi connectivity index (χ3n) is 6.01. The van der Waals surface area contributed by atoms with E-state index < -0.39 is 15.9 Å². The van der Waals surface area contributed by atoms with E-state index in [1.54, 1.807) is 18.2 Å². The molecule has 0 spiro atoms. The zero-order valence-electron chi connectivity index (χ0n) is 17.8. The van der Waals surface area contributed by atoms with Crippen LogP contribution >= 0.6 is 0 Å². The SMILES string of the molecule is O=C1c2ccccc2S(=O)(=O)N1CCCCNCCCCC1CCc2ccccc2O1. The number of rotatable bonds is 10. The fraction of sp³-hybridized carbons (Fsp3) is 0.458. The maximum Gasteiger partial charge on any atom is 0.269 e. The lowest BCUT2D eigenvalue weighted by Crippen LogP contribution is -2.31. The molecule has 6 nitrogen and oxygen atoms in total. The molecule has 1 amide bonds. The molecule has 2 aliphatic rings. The van der Waals surface area contributed by atoms with E-state index in [-0.39, 0.29) is 17.0 Å². The second-order valence-electron chi connectivity index (χ2n) is 8.22. The van der Waals surface area contributed by atoms with Crippen molar-refractivity contribution in [2.24, 2.45) is 0 Å². The number of carbonyl (C=O) groups is 1. The number of amides is 1. The summed E-state index contributed by atoms with van der Waals surface area (Å²) < 4.78 is 32.1. The van der Waals surface area contributed by atoms with E-state index in [1.807, 2.05) is 6.07 Å². The van der Waals surface area contributed by atoms with Gasteiger partial charge in [-0.15, -0.1) is 0 Å². The molecule has 1 unspecified atom stereocenters. The van der Waals surface area contributed by atoms with Crippen LogP contribution in [0.2, 0.25) is 0 Å². The molecule has 31 heavy (non-hydrogen) atoms. The number of sulfonamides is 1. The van der Waals surface area contributed by atoms with E-state index in [9.17, 15) is 13.2 Å². The van der Waals surface area contributed by atoms with E-state index >= 15 is 0 Å². The number of aryl methyl sites for hydroxylation is 1. The van der Waals surface area contributed by atoms with Crippen molar-refractivity contribution in [3.63, 3.8) is 0 Å². The van der Waals surface area contributed by atoms with Crippen LogP contribution < -0.4 is 10.1 Å². The fourth-order valence-electron chi connectivity index (χ4n) is 4.29. The third kappa shape index (κ3) is 4.93. The molecule has 0 bridgehead atoms. The number of ether oxygens (including phenoxy) is 1. The summed E-state index contributed by atoms with van der Waals surface area (Å²) in [6, 6.07) is 14.7. The second kappa shape index (κ2) is 9.83. The zero-order chi connectivity index (χ0) is 21.7. The van der Waals surface area contributed by atoms with E-state index in [1.165, 1.54) is 11.6 Å². The van der Waals surface area contributed by atoms with Gasteiger partial charge in [-0.25, -0.2) is 12.7 Å². The molecule has 0 radical (unpaired) electrons. The molecule has 0 saturated heterocycles. The van der Waals surface area contributed by atoms with Crippen molar-refractivity contribution in [2.75, 3.05) is 19.6 Å². The first-order valence-corrected chi connectivity index (χ1v) is 12.6. The molecule has 2 aromatic rings. The Morgan fingerprint density at radius 3 is 2.55 bits per heavy atom. The highest BCUT2D eigenvalue weighted by Gasteiger charge is 2.40. The van der Waals surface area contributed by atoms with Crippen molar-refractivity contribution in [1.82, 2.24) is 9.62 Å². The predicted molar refractivity (Wildman–Crippen MR) is 120 cm³/mol. The summed E-state index contributed by atoms with van der Waals surface area (Å²) in [6.45, 7) is 2.00. The molecule has 0 aromatic heterocycles. The van der Waals surface area contributed by atoms with Crippen molar-refractivity contribution >= 4 is 15.9 Å². The van der Waals surface area contributed by atoms with Crippen molar-refractivity contribution in [3.05, 3.63) is 59.7 Å². The summed E-state index contributed by atoms with van der Waals surface area (Å²) in [7, 11) is -3.68. The number of unbranched alkanes of at least 4 members (excludes halogenated alkanes) is 2. The average molecular weight is 443 g/mol. The zero-order valence-corrected chi connectivity index (χ0v) is 18.6. The first-order chi connectivity index (χ1) is 15.1. The first-order valence-electron chi connectivity index (χ1n) is 11.2. The standard InChI is InChI=1S/C24H30N2O4S/c27-24-21-11-2-4-13-23(21)31(28,29)26(24)18-8-7-17-25-16-6-5-10-20-15-14-19-9-1-3-12-22(19)30-20/h1-4,9,11-13,20,25H,5-8,10,14-18H2. The molecule has 2 heterocycles. The summed E-state index contributed by atoms with van der Waals surface area (Å²) >= 11 is 0. The minimum absolute atomic E-state index is 0.128. The van der Waals surface area contributed by atoms with Crippen molar-refractivity contribution in [3.8, 4) is 5.75 Å². The Labute approximate surface area is 184 Å². The van der Waals surface area contributed by atoms with Gasteiger partial charge in [-0.2, -0.15) is 0 Å². The van der Waals surface area contributed by atoms with E-state index in [4.69, 9.17) is 4.74 Å². The van der Waals surface area contributed by atoms with Crippen LogP contribution in [0.25, 0.3) is 0 Å². The Hall–Kier alpha value is -2.38. The van der Waals surface area contributed by atoms with Gasteiger partial charge in [0.25, 0.3) is 15.9 Å². The van der Waals surface area contributed by atoms with Crippen LogP contribution in [0.15, 0.2) is 53.4 Å². The highest BCUT2D eigenvalue weighted by atomic mass is 32.2. The number of para-hydroxylation sites is 1. The monoisotopic (exact) mass is 442 g/mol. The van der Waals surface area contributed by atoms with Gasteiger partial charge in [0, 0.05) is 6.54 Å². The van der Waals surface area contributed by atoms with Crippen molar-refractivity contribution in [1.29, 1.82) is 0 Å². The normalized spacial score (nSPS) is 19.0. The van der Waals surface area contributed by atoms with Crippen LogP contribution in [0.5, 0.6) is 5.75 Å². The van der Waals surface area contributed by atoms with Gasteiger partial charge in [0.15, 0.2) is 0 Å². The number of nitrogens with one attached hydrogen (secondary N) is 1.